The second kappa shape index (κ2) is 3.38. The van der Waals surface area contributed by atoms with Gasteiger partial charge in [0, 0.05) is 6.20 Å². The predicted molar refractivity (Wildman–Crippen MR) is 52.9 cm³/mol. The molecule has 5 nitrogen and oxygen atoms in total. The number of aromatic amines is 1. The maximum Gasteiger partial charge on any atom is 0.358 e. The van der Waals surface area contributed by atoms with Gasteiger partial charge >= 0.3 is 5.97 Å². The van der Waals surface area contributed by atoms with Gasteiger partial charge in [0.2, 0.25) is 0 Å². The van der Waals surface area contributed by atoms with Crippen molar-refractivity contribution in [2.45, 2.75) is 0 Å². The predicted octanol–water partition coefficient (Wildman–Crippen LogP) is 1.51. The van der Waals surface area contributed by atoms with Crippen molar-refractivity contribution in [2.75, 3.05) is 7.11 Å². The molecule has 2 rings (SSSR count). The Morgan fingerprint density at radius 2 is 2.36 bits per heavy atom. The number of aromatic nitrogens is 3. The molecular formula is C8H6BrN3O2. The standard InChI is InChI=1S/C8H6BrN3O2/c1-14-8(13)7-6-5(11-3-12-7)4(9)2-10-6/h2-3,10H,1H3. The Hall–Kier alpha value is -1.43. The molecule has 0 aromatic carbocycles. The van der Waals surface area contributed by atoms with Gasteiger partial charge in [-0.15, -0.1) is 0 Å². The molecule has 2 aromatic heterocycles. The zero-order valence-corrected chi connectivity index (χ0v) is 8.83. The Kier molecular flexibility index (Phi) is 2.20. The van der Waals surface area contributed by atoms with Crippen LogP contribution < -0.4 is 0 Å². The summed E-state index contributed by atoms with van der Waals surface area (Å²) in [6, 6.07) is 0. The van der Waals surface area contributed by atoms with E-state index in [1.54, 1.807) is 6.20 Å². The molecule has 0 bridgehead atoms. The van der Waals surface area contributed by atoms with E-state index >= 15 is 0 Å². The van der Waals surface area contributed by atoms with E-state index in [1.165, 1.54) is 13.4 Å². The summed E-state index contributed by atoms with van der Waals surface area (Å²) in [6.07, 6.45) is 3.03. The van der Waals surface area contributed by atoms with Crippen LogP contribution >= 0.6 is 15.9 Å². The smallest absolute Gasteiger partial charge is 0.358 e. The van der Waals surface area contributed by atoms with Gasteiger partial charge in [0.15, 0.2) is 5.69 Å². The first kappa shape index (κ1) is 9.14. The first-order chi connectivity index (χ1) is 6.74. The lowest BCUT2D eigenvalue weighted by atomic mass is 10.3. The monoisotopic (exact) mass is 255 g/mol. The number of fused-ring (bicyclic) bond motifs is 1. The third-order valence-corrected chi connectivity index (χ3v) is 2.40. The molecule has 14 heavy (non-hydrogen) atoms. The maximum absolute atomic E-state index is 11.3. The van der Waals surface area contributed by atoms with Crippen LogP contribution in [0.4, 0.5) is 0 Å². The van der Waals surface area contributed by atoms with Crippen LogP contribution in [0.2, 0.25) is 0 Å². The fourth-order valence-corrected chi connectivity index (χ4v) is 1.57. The number of nitrogens with zero attached hydrogens (tertiary/aromatic N) is 2. The number of rotatable bonds is 1. The highest BCUT2D eigenvalue weighted by Gasteiger charge is 2.15. The van der Waals surface area contributed by atoms with Crippen molar-refractivity contribution in [3.05, 3.63) is 22.7 Å². The van der Waals surface area contributed by atoms with E-state index in [0.29, 0.717) is 11.0 Å². The molecule has 0 spiro atoms. The zero-order valence-electron chi connectivity index (χ0n) is 7.24. The van der Waals surface area contributed by atoms with E-state index in [9.17, 15) is 4.79 Å². The number of nitrogens with one attached hydrogen (secondary N) is 1. The minimum absolute atomic E-state index is 0.239. The van der Waals surface area contributed by atoms with Crippen molar-refractivity contribution in [1.82, 2.24) is 15.0 Å². The normalized spacial score (nSPS) is 10.4. The van der Waals surface area contributed by atoms with Gasteiger partial charge in [0.25, 0.3) is 0 Å². The lowest BCUT2D eigenvalue weighted by Gasteiger charge is -1.98. The van der Waals surface area contributed by atoms with Crippen LogP contribution in [0.25, 0.3) is 11.0 Å². The fraction of sp³-hybridized carbons (Fsp3) is 0.125. The van der Waals surface area contributed by atoms with Gasteiger partial charge in [-0.05, 0) is 15.9 Å². The number of esters is 1. The number of methoxy groups -OCH3 is 1. The average molecular weight is 256 g/mol. The average Bonchev–Trinajstić information content (AvgIpc) is 2.59. The summed E-state index contributed by atoms with van der Waals surface area (Å²) in [5.74, 6) is -0.480. The van der Waals surface area contributed by atoms with Crippen LogP contribution in [0.15, 0.2) is 17.0 Å². The Bertz CT molecular complexity index is 494. The largest absolute Gasteiger partial charge is 0.464 e. The molecule has 0 fully saturated rings. The number of halogens is 1. The van der Waals surface area contributed by atoms with Crippen LogP contribution in [0.3, 0.4) is 0 Å². The van der Waals surface area contributed by atoms with E-state index in [0.717, 1.165) is 4.47 Å². The zero-order chi connectivity index (χ0) is 10.1. The van der Waals surface area contributed by atoms with Crippen molar-refractivity contribution in [2.24, 2.45) is 0 Å². The molecule has 6 heteroatoms. The third kappa shape index (κ3) is 1.27. The molecule has 0 aliphatic rings. The van der Waals surface area contributed by atoms with Gasteiger partial charge in [0.1, 0.15) is 11.8 Å². The van der Waals surface area contributed by atoms with Gasteiger partial charge < -0.3 is 9.72 Å². The Morgan fingerprint density at radius 3 is 3.07 bits per heavy atom. The van der Waals surface area contributed by atoms with Gasteiger partial charge in [0.05, 0.1) is 17.1 Å². The number of hydrogen-bond donors (Lipinski definition) is 1. The summed E-state index contributed by atoms with van der Waals surface area (Å²) in [5, 5.41) is 0. The highest BCUT2D eigenvalue weighted by molar-refractivity contribution is 9.10. The maximum atomic E-state index is 11.3. The van der Waals surface area contributed by atoms with Crippen molar-refractivity contribution < 1.29 is 9.53 Å². The van der Waals surface area contributed by atoms with Crippen molar-refractivity contribution in [1.29, 1.82) is 0 Å². The molecule has 0 aliphatic carbocycles. The second-order valence-corrected chi connectivity index (χ2v) is 3.43. The molecule has 0 atom stereocenters. The molecule has 0 saturated carbocycles. The highest BCUT2D eigenvalue weighted by Crippen LogP contribution is 2.22. The Labute approximate surface area is 87.6 Å². The van der Waals surface area contributed by atoms with E-state index in [1.807, 2.05) is 0 Å². The topological polar surface area (TPSA) is 67.9 Å². The minimum Gasteiger partial charge on any atom is -0.464 e. The quantitative estimate of drug-likeness (QED) is 0.785. The fourth-order valence-electron chi connectivity index (χ4n) is 1.16. The second-order valence-electron chi connectivity index (χ2n) is 2.57. The van der Waals surface area contributed by atoms with E-state index in [4.69, 9.17) is 0 Å². The first-order valence-electron chi connectivity index (χ1n) is 3.80. The summed E-state index contributed by atoms with van der Waals surface area (Å²) in [6.45, 7) is 0. The summed E-state index contributed by atoms with van der Waals surface area (Å²) >= 11 is 3.30. The molecule has 72 valence electrons. The molecule has 1 N–H and O–H groups in total. The molecule has 0 amide bonds. The van der Waals surface area contributed by atoms with Crippen LogP contribution in [0.1, 0.15) is 10.5 Å². The lowest BCUT2D eigenvalue weighted by molar-refractivity contribution is 0.0596. The Balaban J connectivity index is 2.71. The van der Waals surface area contributed by atoms with Gasteiger partial charge in [-0.1, -0.05) is 0 Å². The summed E-state index contributed by atoms with van der Waals surface area (Å²) in [7, 11) is 1.31. The minimum atomic E-state index is -0.480. The van der Waals surface area contributed by atoms with Crippen molar-refractivity contribution in [3.8, 4) is 0 Å². The third-order valence-electron chi connectivity index (χ3n) is 1.80. The summed E-state index contributed by atoms with van der Waals surface area (Å²) in [4.78, 5) is 22.1. The van der Waals surface area contributed by atoms with Crippen molar-refractivity contribution >= 4 is 32.9 Å². The molecule has 0 unspecified atom stereocenters. The number of ether oxygens (including phenoxy) is 1. The number of carbonyl (C=O) groups is 1. The molecular weight excluding hydrogens is 250 g/mol. The number of hydrogen-bond acceptors (Lipinski definition) is 4. The van der Waals surface area contributed by atoms with Gasteiger partial charge in [-0.25, -0.2) is 14.8 Å². The van der Waals surface area contributed by atoms with Gasteiger partial charge in [-0.3, -0.25) is 0 Å². The van der Waals surface area contributed by atoms with Crippen LogP contribution in [0.5, 0.6) is 0 Å². The van der Waals surface area contributed by atoms with E-state index in [2.05, 4.69) is 35.6 Å². The summed E-state index contributed by atoms with van der Waals surface area (Å²) in [5.41, 5.74) is 1.48. The van der Waals surface area contributed by atoms with Crippen LogP contribution in [0, 0.1) is 0 Å². The van der Waals surface area contributed by atoms with E-state index < -0.39 is 5.97 Å². The SMILES string of the molecule is COC(=O)c1ncnc2c(Br)c[nH]c12. The first-order valence-corrected chi connectivity index (χ1v) is 4.59. The highest BCUT2D eigenvalue weighted by atomic mass is 79.9. The van der Waals surface area contributed by atoms with E-state index in [-0.39, 0.29) is 5.69 Å². The van der Waals surface area contributed by atoms with Crippen LogP contribution in [-0.4, -0.2) is 28.0 Å². The van der Waals surface area contributed by atoms with Crippen LogP contribution in [-0.2, 0) is 4.74 Å². The molecule has 2 aromatic rings. The molecule has 2 heterocycles. The summed E-state index contributed by atoms with van der Waals surface area (Å²) < 4.78 is 5.38. The Morgan fingerprint density at radius 1 is 1.57 bits per heavy atom. The number of carbonyl (C=O) groups excluding carboxylic acids is 1. The molecule has 0 saturated heterocycles. The van der Waals surface area contributed by atoms with Crippen molar-refractivity contribution in [3.63, 3.8) is 0 Å². The lowest BCUT2D eigenvalue weighted by Crippen LogP contribution is -2.05. The molecule has 0 aliphatic heterocycles. The van der Waals surface area contributed by atoms with Gasteiger partial charge in [-0.2, -0.15) is 0 Å². The molecule has 0 radical (unpaired) electrons. The number of H-pyrrole nitrogens is 1.